The molecule has 1 aromatic heterocycles. The molecule has 1 saturated heterocycles. The van der Waals surface area contributed by atoms with Crippen molar-refractivity contribution in [1.82, 2.24) is 10.3 Å². The summed E-state index contributed by atoms with van der Waals surface area (Å²) in [6.07, 6.45) is 4.08. The molecule has 30 heavy (non-hydrogen) atoms. The van der Waals surface area contributed by atoms with E-state index in [2.05, 4.69) is 35.1 Å². The molecule has 0 saturated carbocycles. The highest BCUT2D eigenvalue weighted by molar-refractivity contribution is 8.15. The van der Waals surface area contributed by atoms with Crippen LogP contribution in [0.4, 0.5) is 4.79 Å². The van der Waals surface area contributed by atoms with Gasteiger partial charge in [-0.3, -0.25) is 19.9 Å². The number of carbonyl (C=O) groups is 2. The Hall–Kier alpha value is -2.82. The number of hydrogen-bond donors (Lipinski definition) is 1. The van der Waals surface area contributed by atoms with Crippen LogP contribution in [0.2, 0.25) is 0 Å². The van der Waals surface area contributed by atoms with E-state index in [4.69, 9.17) is 9.47 Å². The summed E-state index contributed by atoms with van der Waals surface area (Å²) in [7, 11) is 1.59. The highest BCUT2D eigenvalue weighted by Crippen LogP contribution is 2.25. The highest BCUT2D eigenvalue weighted by Gasteiger charge is 2.31. The molecule has 1 N–H and O–H groups in total. The molecule has 2 amide bonds. The van der Waals surface area contributed by atoms with Crippen LogP contribution in [0.3, 0.4) is 0 Å². The number of thioether (sulfide) groups is 1. The van der Waals surface area contributed by atoms with Crippen molar-refractivity contribution >= 4 is 22.9 Å². The van der Waals surface area contributed by atoms with Gasteiger partial charge in [-0.25, -0.2) is 0 Å². The number of nitrogens with one attached hydrogen (secondary N) is 1. The number of rotatable bonds is 8. The number of carbonyl (C=O) groups excluding carboxylic acids is 2. The first-order valence-corrected chi connectivity index (χ1v) is 10.7. The van der Waals surface area contributed by atoms with Gasteiger partial charge in [-0.15, -0.1) is 0 Å². The quantitative estimate of drug-likeness (QED) is 0.518. The standard InChI is InChI=1S/C23H24N2O4S/c1-3-16-6-8-19(24-15-16)10-12-29-11-4-5-18-13-17(7-9-20(18)28-2)14-21-22(26)25-23(27)30-21/h6-9,13,15,21H,3,10-12,14H2,1-2H3,(H,25,26,27). The SMILES string of the molecule is CCc1ccc(CCOCC#Cc2cc(CC3SC(=O)NC3=O)ccc2OC)nc1. The summed E-state index contributed by atoms with van der Waals surface area (Å²) < 4.78 is 11.0. The second-order valence-electron chi connectivity index (χ2n) is 6.74. The molecule has 0 aliphatic carbocycles. The fourth-order valence-electron chi connectivity index (χ4n) is 2.96. The van der Waals surface area contributed by atoms with E-state index in [1.165, 1.54) is 5.56 Å². The Bertz CT molecular complexity index is 963. The number of methoxy groups -OCH3 is 1. The fourth-order valence-corrected chi connectivity index (χ4v) is 3.82. The van der Waals surface area contributed by atoms with Crippen molar-refractivity contribution in [3.63, 3.8) is 0 Å². The second kappa shape index (κ2) is 10.8. The van der Waals surface area contributed by atoms with Crippen LogP contribution in [-0.2, 0) is 28.8 Å². The number of aryl methyl sites for hydroxylation is 1. The van der Waals surface area contributed by atoms with Crippen LogP contribution < -0.4 is 10.1 Å². The van der Waals surface area contributed by atoms with E-state index in [9.17, 15) is 9.59 Å². The summed E-state index contributed by atoms with van der Waals surface area (Å²) in [5, 5.41) is 1.60. The van der Waals surface area contributed by atoms with Crippen LogP contribution in [0.1, 0.15) is 29.3 Å². The van der Waals surface area contributed by atoms with E-state index in [1.54, 1.807) is 7.11 Å². The molecule has 2 aromatic rings. The monoisotopic (exact) mass is 424 g/mol. The Balaban J connectivity index is 1.53. The number of amides is 2. The Morgan fingerprint density at radius 1 is 1.20 bits per heavy atom. The predicted molar refractivity (Wildman–Crippen MR) is 117 cm³/mol. The molecule has 0 bridgehead atoms. The second-order valence-corrected chi connectivity index (χ2v) is 7.91. The van der Waals surface area contributed by atoms with Gasteiger partial charge in [0.2, 0.25) is 5.91 Å². The molecule has 1 unspecified atom stereocenters. The van der Waals surface area contributed by atoms with E-state index in [0.717, 1.165) is 41.4 Å². The average Bonchev–Trinajstić information content (AvgIpc) is 3.07. The Morgan fingerprint density at radius 2 is 2.03 bits per heavy atom. The summed E-state index contributed by atoms with van der Waals surface area (Å²) >= 11 is 1.02. The molecule has 156 valence electrons. The summed E-state index contributed by atoms with van der Waals surface area (Å²) in [5.74, 6) is 6.49. The van der Waals surface area contributed by atoms with Gasteiger partial charge in [-0.1, -0.05) is 42.7 Å². The van der Waals surface area contributed by atoms with E-state index >= 15 is 0 Å². The third-order valence-corrected chi connectivity index (χ3v) is 5.63. The zero-order valence-corrected chi connectivity index (χ0v) is 17.9. The molecule has 1 fully saturated rings. The molecule has 3 rings (SSSR count). The third-order valence-electron chi connectivity index (χ3n) is 4.65. The summed E-state index contributed by atoms with van der Waals surface area (Å²) in [6, 6.07) is 9.71. The summed E-state index contributed by atoms with van der Waals surface area (Å²) in [4.78, 5) is 27.5. The Labute approximate surface area is 180 Å². The maximum atomic E-state index is 11.8. The average molecular weight is 425 g/mol. The minimum atomic E-state index is -0.407. The van der Waals surface area contributed by atoms with Crippen LogP contribution >= 0.6 is 11.8 Å². The van der Waals surface area contributed by atoms with Crippen molar-refractivity contribution in [3.05, 3.63) is 58.9 Å². The minimum Gasteiger partial charge on any atom is -0.495 e. The Kier molecular flexibility index (Phi) is 7.89. The maximum Gasteiger partial charge on any atom is 0.286 e. The van der Waals surface area contributed by atoms with Gasteiger partial charge in [0.1, 0.15) is 12.4 Å². The van der Waals surface area contributed by atoms with Crippen LogP contribution in [-0.4, -0.2) is 41.7 Å². The molecule has 2 heterocycles. The van der Waals surface area contributed by atoms with Crippen LogP contribution in [0.5, 0.6) is 5.75 Å². The molecule has 1 aromatic carbocycles. The molecule has 1 aliphatic rings. The number of aromatic nitrogens is 1. The first kappa shape index (κ1) is 21.9. The van der Waals surface area contributed by atoms with Gasteiger partial charge in [-0.05, 0) is 42.2 Å². The largest absolute Gasteiger partial charge is 0.495 e. The molecule has 1 atom stereocenters. The number of pyridine rings is 1. The van der Waals surface area contributed by atoms with Crippen LogP contribution in [0.25, 0.3) is 0 Å². The molecule has 7 heteroatoms. The number of ether oxygens (including phenoxy) is 2. The lowest BCUT2D eigenvalue weighted by molar-refractivity contribution is -0.118. The van der Waals surface area contributed by atoms with Gasteiger partial charge in [0.05, 0.1) is 24.5 Å². The fraction of sp³-hybridized carbons (Fsp3) is 0.348. The van der Waals surface area contributed by atoms with Crippen molar-refractivity contribution < 1.29 is 19.1 Å². The zero-order valence-electron chi connectivity index (χ0n) is 17.1. The normalized spacial score (nSPS) is 15.5. The first-order chi connectivity index (χ1) is 14.6. The number of benzene rings is 1. The smallest absolute Gasteiger partial charge is 0.286 e. The van der Waals surface area contributed by atoms with E-state index in [-0.39, 0.29) is 11.1 Å². The molecule has 6 nitrogen and oxygen atoms in total. The van der Waals surface area contributed by atoms with Gasteiger partial charge < -0.3 is 9.47 Å². The van der Waals surface area contributed by atoms with E-state index in [1.807, 2.05) is 30.5 Å². The predicted octanol–water partition coefficient (Wildman–Crippen LogP) is 3.16. The first-order valence-electron chi connectivity index (χ1n) is 9.78. The van der Waals surface area contributed by atoms with Gasteiger partial charge in [-0.2, -0.15) is 0 Å². The van der Waals surface area contributed by atoms with Crippen molar-refractivity contribution in [3.8, 4) is 17.6 Å². The molecular weight excluding hydrogens is 400 g/mol. The van der Waals surface area contributed by atoms with Crippen LogP contribution in [0.15, 0.2) is 36.5 Å². The van der Waals surface area contributed by atoms with Crippen molar-refractivity contribution in [1.29, 1.82) is 0 Å². The summed E-state index contributed by atoms with van der Waals surface area (Å²) in [5.41, 5.74) is 3.87. The van der Waals surface area contributed by atoms with Crippen molar-refractivity contribution in [2.24, 2.45) is 0 Å². The Morgan fingerprint density at radius 3 is 2.70 bits per heavy atom. The number of nitrogens with zero attached hydrogens (tertiary/aromatic N) is 1. The molecular formula is C23H24N2O4S. The lowest BCUT2D eigenvalue weighted by Gasteiger charge is -2.09. The molecule has 0 radical (unpaired) electrons. The summed E-state index contributed by atoms with van der Waals surface area (Å²) in [6.45, 7) is 2.96. The maximum absolute atomic E-state index is 11.8. The molecule has 1 aliphatic heterocycles. The van der Waals surface area contributed by atoms with Gasteiger partial charge in [0, 0.05) is 18.3 Å². The van der Waals surface area contributed by atoms with Gasteiger partial charge in [0.15, 0.2) is 0 Å². The van der Waals surface area contributed by atoms with E-state index < -0.39 is 5.25 Å². The lowest BCUT2D eigenvalue weighted by Crippen LogP contribution is -2.25. The number of imide groups is 1. The third kappa shape index (κ3) is 6.09. The highest BCUT2D eigenvalue weighted by atomic mass is 32.2. The van der Waals surface area contributed by atoms with Crippen molar-refractivity contribution in [2.75, 3.05) is 20.3 Å². The molecule has 0 spiro atoms. The van der Waals surface area contributed by atoms with E-state index in [0.29, 0.717) is 25.4 Å². The van der Waals surface area contributed by atoms with Crippen LogP contribution in [0, 0.1) is 11.8 Å². The van der Waals surface area contributed by atoms with Gasteiger partial charge >= 0.3 is 0 Å². The van der Waals surface area contributed by atoms with Gasteiger partial charge in [0.25, 0.3) is 5.24 Å². The number of hydrogen-bond acceptors (Lipinski definition) is 6. The minimum absolute atomic E-state index is 0.249. The van der Waals surface area contributed by atoms with Crippen molar-refractivity contribution in [2.45, 2.75) is 31.4 Å². The topological polar surface area (TPSA) is 77.5 Å². The lowest BCUT2D eigenvalue weighted by atomic mass is 10.0. The zero-order chi connectivity index (χ0) is 21.3.